The minimum atomic E-state index is -0.424. The first-order valence-electron chi connectivity index (χ1n) is 7.67. The molecule has 5 nitrogen and oxygen atoms in total. The van der Waals surface area contributed by atoms with E-state index in [2.05, 4.69) is 10.6 Å². The lowest BCUT2D eigenvalue weighted by molar-refractivity contribution is -0.119. The standard InChI is InChI=1S/C18H17FN2O3/c19-14-4-2-6-16(10-14)21-17(22)12-3-1-5-15(9-12)20-18(23)13-7-8-24-11-13/h1-6,9-10,13H,7-8,11H2,(H,20,23)(H,21,22). The molecule has 24 heavy (non-hydrogen) atoms. The van der Waals surface area contributed by atoms with E-state index in [1.165, 1.54) is 18.2 Å². The third-order valence-electron chi connectivity index (χ3n) is 3.78. The second-order valence-corrected chi connectivity index (χ2v) is 5.60. The summed E-state index contributed by atoms with van der Waals surface area (Å²) in [5, 5.41) is 5.42. The molecule has 0 aliphatic carbocycles. The Labute approximate surface area is 138 Å². The molecule has 1 aliphatic heterocycles. The largest absolute Gasteiger partial charge is 0.381 e. The normalized spacial score (nSPS) is 16.6. The van der Waals surface area contributed by atoms with Crippen LogP contribution < -0.4 is 10.6 Å². The van der Waals surface area contributed by atoms with Gasteiger partial charge in [-0.3, -0.25) is 9.59 Å². The fourth-order valence-corrected chi connectivity index (χ4v) is 2.49. The van der Waals surface area contributed by atoms with Crippen LogP contribution in [0.2, 0.25) is 0 Å². The number of ether oxygens (including phenoxy) is 1. The molecule has 1 atom stereocenters. The monoisotopic (exact) mass is 328 g/mol. The van der Waals surface area contributed by atoms with E-state index >= 15 is 0 Å². The number of amides is 2. The number of rotatable bonds is 4. The molecule has 1 saturated heterocycles. The van der Waals surface area contributed by atoms with Crippen LogP contribution in [0.5, 0.6) is 0 Å². The Hall–Kier alpha value is -2.73. The lowest BCUT2D eigenvalue weighted by Crippen LogP contribution is -2.23. The van der Waals surface area contributed by atoms with Crippen LogP contribution >= 0.6 is 0 Å². The predicted molar refractivity (Wildman–Crippen MR) is 88.4 cm³/mol. The van der Waals surface area contributed by atoms with Gasteiger partial charge in [0.1, 0.15) is 5.82 Å². The number of nitrogens with one attached hydrogen (secondary N) is 2. The zero-order valence-electron chi connectivity index (χ0n) is 12.9. The van der Waals surface area contributed by atoms with Gasteiger partial charge in [0.25, 0.3) is 5.91 Å². The molecule has 2 amide bonds. The van der Waals surface area contributed by atoms with Crippen LogP contribution in [0.1, 0.15) is 16.8 Å². The Balaban J connectivity index is 1.67. The smallest absolute Gasteiger partial charge is 0.255 e. The summed E-state index contributed by atoms with van der Waals surface area (Å²) in [5.74, 6) is -1.07. The van der Waals surface area contributed by atoms with Gasteiger partial charge in [0.2, 0.25) is 5.91 Å². The minimum absolute atomic E-state index is 0.116. The maximum atomic E-state index is 13.2. The molecule has 1 unspecified atom stereocenters. The summed E-state index contributed by atoms with van der Waals surface area (Å²) in [6.45, 7) is 1.01. The molecule has 3 rings (SSSR count). The van der Waals surface area contributed by atoms with E-state index < -0.39 is 5.82 Å². The summed E-state index contributed by atoms with van der Waals surface area (Å²) in [5.41, 5.74) is 1.29. The molecule has 1 heterocycles. The maximum absolute atomic E-state index is 13.2. The number of anilines is 2. The third kappa shape index (κ3) is 3.97. The van der Waals surface area contributed by atoms with Gasteiger partial charge in [0.05, 0.1) is 12.5 Å². The van der Waals surface area contributed by atoms with E-state index in [4.69, 9.17) is 4.74 Å². The molecule has 0 radical (unpaired) electrons. The summed E-state index contributed by atoms with van der Waals surface area (Å²) >= 11 is 0. The number of halogens is 1. The van der Waals surface area contributed by atoms with Gasteiger partial charge in [-0.15, -0.1) is 0 Å². The van der Waals surface area contributed by atoms with E-state index in [1.54, 1.807) is 30.3 Å². The van der Waals surface area contributed by atoms with E-state index in [9.17, 15) is 14.0 Å². The first kappa shape index (κ1) is 16.1. The second-order valence-electron chi connectivity index (χ2n) is 5.60. The van der Waals surface area contributed by atoms with Gasteiger partial charge >= 0.3 is 0 Å². The molecule has 1 fully saturated rings. The van der Waals surface area contributed by atoms with Crippen molar-refractivity contribution in [2.45, 2.75) is 6.42 Å². The van der Waals surface area contributed by atoms with Crippen molar-refractivity contribution >= 4 is 23.2 Å². The minimum Gasteiger partial charge on any atom is -0.381 e. The highest BCUT2D eigenvalue weighted by molar-refractivity contribution is 6.05. The van der Waals surface area contributed by atoms with Crippen LogP contribution in [-0.2, 0) is 9.53 Å². The highest BCUT2D eigenvalue weighted by atomic mass is 19.1. The molecular formula is C18H17FN2O3. The van der Waals surface area contributed by atoms with Crippen molar-refractivity contribution in [3.63, 3.8) is 0 Å². The Morgan fingerprint density at radius 1 is 1.04 bits per heavy atom. The summed E-state index contributed by atoms with van der Waals surface area (Å²) in [7, 11) is 0. The van der Waals surface area contributed by atoms with Gasteiger partial charge in [-0.25, -0.2) is 4.39 Å². The average Bonchev–Trinajstić information content (AvgIpc) is 3.10. The fourth-order valence-electron chi connectivity index (χ4n) is 2.49. The van der Waals surface area contributed by atoms with Crippen molar-refractivity contribution in [2.75, 3.05) is 23.8 Å². The summed E-state index contributed by atoms with van der Waals surface area (Å²) in [6.07, 6.45) is 0.700. The molecule has 0 spiro atoms. The summed E-state index contributed by atoms with van der Waals surface area (Å²) < 4.78 is 18.4. The van der Waals surface area contributed by atoms with Crippen LogP contribution in [0.3, 0.4) is 0 Å². The van der Waals surface area contributed by atoms with Crippen molar-refractivity contribution in [3.05, 3.63) is 59.9 Å². The molecule has 2 N–H and O–H groups in total. The Morgan fingerprint density at radius 3 is 2.50 bits per heavy atom. The van der Waals surface area contributed by atoms with Gasteiger partial charge in [-0.05, 0) is 42.8 Å². The quantitative estimate of drug-likeness (QED) is 0.906. The van der Waals surface area contributed by atoms with Gasteiger partial charge in [0.15, 0.2) is 0 Å². The number of benzene rings is 2. The first-order chi connectivity index (χ1) is 11.6. The molecule has 2 aromatic rings. The lowest BCUT2D eigenvalue weighted by atomic mass is 10.1. The lowest BCUT2D eigenvalue weighted by Gasteiger charge is -2.11. The van der Waals surface area contributed by atoms with Crippen LogP contribution in [0.15, 0.2) is 48.5 Å². The van der Waals surface area contributed by atoms with Crippen molar-refractivity contribution in [1.82, 2.24) is 0 Å². The summed E-state index contributed by atoms with van der Waals surface area (Å²) in [6, 6.07) is 12.3. The van der Waals surface area contributed by atoms with Gasteiger partial charge in [-0.2, -0.15) is 0 Å². The molecular weight excluding hydrogens is 311 g/mol. The predicted octanol–water partition coefficient (Wildman–Crippen LogP) is 3.05. The highest BCUT2D eigenvalue weighted by Crippen LogP contribution is 2.18. The first-order valence-corrected chi connectivity index (χ1v) is 7.67. The molecule has 124 valence electrons. The van der Waals surface area contributed by atoms with E-state index in [-0.39, 0.29) is 17.7 Å². The number of hydrogen-bond acceptors (Lipinski definition) is 3. The number of carbonyl (C=O) groups is 2. The zero-order chi connectivity index (χ0) is 16.9. The van der Waals surface area contributed by atoms with Crippen LogP contribution in [0.25, 0.3) is 0 Å². The van der Waals surface area contributed by atoms with Crippen molar-refractivity contribution < 1.29 is 18.7 Å². The zero-order valence-corrected chi connectivity index (χ0v) is 12.9. The maximum Gasteiger partial charge on any atom is 0.255 e. The Bertz CT molecular complexity index is 757. The van der Waals surface area contributed by atoms with Crippen LogP contribution in [0.4, 0.5) is 15.8 Å². The van der Waals surface area contributed by atoms with Crippen LogP contribution in [0, 0.1) is 11.7 Å². The van der Waals surface area contributed by atoms with Crippen LogP contribution in [-0.4, -0.2) is 25.0 Å². The van der Waals surface area contributed by atoms with Crippen molar-refractivity contribution in [1.29, 1.82) is 0 Å². The molecule has 0 saturated carbocycles. The fraction of sp³-hybridized carbons (Fsp3) is 0.222. The van der Waals surface area contributed by atoms with Gasteiger partial charge in [-0.1, -0.05) is 12.1 Å². The van der Waals surface area contributed by atoms with E-state index in [0.717, 1.165) is 0 Å². The van der Waals surface area contributed by atoms with E-state index in [0.29, 0.717) is 36.6 Å². The number of carbonyl (C=O) groups excluding carboxylic acids is 2. The molecule has 0 bridgehead atoms. The van der Waals surface area contributed by atoms with E-state index in [1.807, 2.05) is 0 Å². The van der Waals surface area contributed by atoms with Gasteiger partial charge < -0.3 is 15.4 Å². The SMILES string of the molecule is O=C(Nc1cccc(F)c1)c1cccc(NC(=O)C2CCOC2)c1. The second kappa shape index (κ2) is 7.23. The Kier molecular flexibility index (Phi) is 4.86. The third-order valence-corrected chi connectivity index (χ3v) is 3.78. The Morgan fingerprint density at radius 2 is 1.79 bits per heavy atom. The van der Waals surface area contributed by atoms with Gasteiger partial charge in [0, 0.05) is 23.5 Å². The molecule has 6 heteroatoms. The van der Waals surface area contributed by atoms with Crippen molar-refractivity contribution in [3.8, 4) is 0 Å². The highest BCUT2D eigenvalue weighted by Gasteiger charge is 2.23. The number of hydrogen-bond donors (Lipinski definition) is 2. The molecule has 1 aliphatic rings. The molecule has 0 aromatic heterocycles. The average molecular weight is 328 g/mol. The van der Waals surface area contributed by atoms with Crippen molar-refractivity contribution in [2.24, 2.45) is 5.92 Å². The molecule has 2 aromatic carbocycles. The summed E-state index contributed by atoms with van der Waals surface area (Å²) in [4.78, 5) is 24.3. The topological polar surface area (TPSA) is 67.4 Å².